The zero-order valence-corrected chi connectivity index (χ0v) is 18.0. The minimum Gasteiger partial charge on any atom is -0.494 e. The van der Waals surface area contributed by atoms with E-state index in [4.69, 9.17) is 9.73 Å². The monoisotopic (exact) mass is 411 g/mol. The molecule has 2 aromatic rings. The van der Waals surface area contributed by atoms with Crippen LogP contribution in [0.4, 0.5) is 5.95 Å². The summed E-state index contributed by atoms with van der Waals surface area (Å²) >= 11 is 0. The second-order valence-electron chi connectivity index (χ2n) is 7.04. The molecule has 1 saturated heterocycles. The molecule has 1 fully saturated rings. The summed E-state index contributed by atoms with van der Waals surface area (Å²) in [5, 5.41) is 6.78. The van der Waals surface area contributed by atoms with E-state index in [1.54, 1.807) is 12.4 Å². The van der Waals surface area contributed by atoms with E-state index >= 15 is 0 Å². The molecule has 0 spiro atoms. The van der Waals surface area contributed by atoms with Crippen molar-refractivity contribution >= 4 is 11.9 Å². The van der Waals surface area contributed by atoms with Crippen molar-refractivity contribution in [1.29, 1.82) is 0 Å². The zero-order valence-electron chi connectivity index (χ0n) is 18.0. The number of ether oxygens (including phenoxy) is 1. The normalized spacial score (nSPS) is 15.1. The summed E-state index contributed by atoms with van der Waals surface area (Å²) in [5.41, 5.74) is 1.09. The van der Waals surface area contributed by atoms with Crippen molar-refractivity contribution in [2.45, 2.75) is 20.4 Å². The van der Waals surface area contributed by atoms with Crippen molar-refractivity contribution < 1.29 is 4.74 Å². The van der Waals surface area contributed by atoms with Crippen LogP contribution in [-0.2, 0) is 6.54 Å². The van der Waals surface area contributed by atoms with Crippen LogP contribution in [0.3, 0.4) is 0 Å². The molecule has 0 unspecified atom stereocenters. The van der Waals surface area contributed by atoms with Gasteiger partial charge in [0, 0.05) is 63.8 Å². The molecule has 3 rings (SSSR count). The molecule has 0 amide bonds. The van der Waals surface area contributed by atoms with Gasteiger partial charge in [-0.2, -0.15) is 0 Å². The molecule has 1 aromatic carbocycles. The lowest BCUT2D eigenvalue weighted by molar-refractivity contribution is 0.260. The van der Waals surface area contributed by atoms with Crippen LogP contribution in [0, 0.1) is 0 Å². The average molecular weight is 412 g/mol. The fourth-order valence-corrected chi connectivity index (χ4v) is 3.40. The van der Waals surface area contributed by atoms with Crippen molar-refractivity contribution in [3.8, 4) is 5.75 Å². The third-order valence-corrected chi connectivity index (χ3v) is 4.95. The second-order valence-corrected chi connectivity index (χ2v) is 7.04. The smallest absolute Gasteiger partial charge is 0.225 e. The molecule has 0 saturated carbocycles. The molecule has 0 bridgehead atoms. The van der Waals surface area contributed by atoms with Gasteiger partial charge in [0.2, 0.25) is 5.95 Å². The van der Waals surface area contributed by atoms with E-state index in [1.807, 2.05) is 31.2 Å². The van der Waals surface area contributed by atoms with Crippen LogP contribution < -0.4 is 20.3 Å². The van der Waals surface area contributed by atoms with Crippen LogP contribution in [0.2, 0.25) is 0 Å². The first-order valence-electron chi connectivity index (χ1n) is 10.8. The summed E-state index contributed by atoms with van der Waals surface area (Å²) in [6.07, 6.45) is 3.60. The summed E-state index contributed by atoms with van der Waals surface area (Å²) in [4.78, 5) is 18.1. The largest absolute Gasteiger partial charge is 0.494 e. The van der Waals surface area contributed by atoms with E-state index in [2.05, 4.69) is 43.4 Å². The SMILES string of the molecule is CCNC(=NCc1ccccc1OCC)NCCN1CCN(c2ncccn2)CC1. The number of piperazine rings is 1. The number of hydrogen-bond acceptors (Lipinski definition) is 6. The minimum atomic E-state index is 0.585. The van der Waals surface area contributed by atoms with Gasteiger partial charge in [-0.1, -0.05) is 18.2 Å². The van der Waals surface area contributed by atoms with Crippen molar-refractivity contribution in [1.82, 2.24) is 25.5 Å². The third kappa shape index (κ3) is 6.59. The van der Waals surface area contributed by atoms with E-state index < -0.39 is 0 Å². The molecule has 162 valence electrons. The Labute approximate surface area is 179 Å². The molecule has 1 aliphatic heterocycles. The number of nitrogens with zero attached hydrogens (tertiary/aromatic N) is 5. The van der Waals surface area contributed by atoms with Gasteiger partial charge in [0.25, 0.3) is 0 Å². The van der Waals surface area contributed by atoms with Gasteiger partial charge in [-0.25, -0.2) is 15.0 Å². The Balaban J connectivity index is 1.44. The number of benzene rings is 1. The van der Waals surface area contributed by atoms with Gasteiger partial charge >= 0.3 is 0 Å². The molecule has 8 heteroatoms. The Bertz CT molecular complexity index is 776. The van der Waals surface area contributed by atoms with E-state index in [0.717, 1.165) is 69.0 Å². The molecule has 0 aliphatic carbocycles. The highest BCUT2D eigenvalue weighted by atomic mass is 16.5. The number of para-hydroxylation sites is 1. The fourth-order valence-electron chi connectivity index (χ4n) is 3.40. The van der Waals surface area contributed by atoms with Gasteiger partial charge in [0.1, 0.15) is 5.75 Å². The molecular weight excluding hydrogens is 378 g/mol. The number of anilines is 1. The van der Waals surface area contributed by atoms with E-state index in [1.165, 1.54) is 0 Å². The number of guanidine groups is 1. The number of aromatic nitrogens is 2. The molecule has 8 nitrogen and oxygen atoms in total. The van der Waals surface area contributed by atoms with Crippen LogP contribution >= 0.6 is 0 Å². The lowest BCUT2D eigenvalue weighted by Crippen LogP contribution is -2.49. The second kappa shape index (κ2) is 12.0. The molecule has 0 atom stereocenters. The first kappa shape index (κ1) is 21.8. The van der Waals surface area contributed by atoms with Crippen LogP contribution in [0.5, 0.6) is 5.75 Å². The molecule has 0 radical (unpaired) electrons. The lowest BCUT2D eigenvalue weighted by atomic mass is 10.2. The van der Waals surface area contributed by atoms with Crippen molar-refractivity contribution in [3.05, 3.63) is 48.3 Å². The molecule has 1 aliphatic rings. The first-order valence-corrected chi connectivity index (χ1v) is 10.8. The van der Waals surface area contributed by atoms with Crippen LogP contribution in [0.1, 0.15) is 19.4 Å². The van der Waals surface area contributed by atoms with Gasteiger partial charge in [-0.05, 0) is 26.0 Å². The lowest BCUT2D eigenvalue weighted by Gasteiger charge is -2.34. The highest BCUT2D eigenvalue weighted by molar-refractivity contribution is 5.79. The molecule has 2 heterocycles. The minimum absolute atomic E-state index is 0.585. The van der Waals surface area contributed by atoms with E-state index in [9.17, 15) is 0 Å². The summed E-state index contributed by atoms with van der Waals surface area (Å²) < 4.78 is 5.70. The highest BCUT2D eigenvalue weighted by Crippen LogP contribution is 2.18. The van der Waals surface area contributed by atoms with Crippen LogP contribution in [0.15, 0.2) is 47.7 Å². The Hall–Kier alpha value is -2.87. The van der Waals surface area contributed by atoms with E-state index in [-0.39, 0.29) is 0 Å². The Morgan fingerprint density at radius 3 is 2.53 bits per heavy atom. The van der Waals surface area contributed by atoms with Crippen LogP contribution in [-0.4, -0.2) is 73.2 Å². The van der Waals surface area contributed by atoms with E-state index in [0.29, 0.717) is 13.2 Å². The van der Waals surface area contributed by atoms with Gasteiger partial charge < -0.3 is 20.3 Å². The Morgan fingerprint density at radius 1 is 1.03 bits per heavy atom. The topological polar surface area (TPSA) is 77.9 Å². The fraction of sp³-hybridized carbons (Fsp3) is 0.500. The van der Waals surface area contributed by atoms with Crippen LogP contribution in [0.25, 0.3) is 0 Å². The van der Waals surface area contributed by atoms with Gasteiger partial charge in [-0.3, -0.25) is 4.90 Å². The summed E-state index contributed by atoms with van der Waals surface area (Å²) in [7, 11) is 0. The predicted molar refractivity (Wildman–Crippen MR) is 121 cm³/mol. The molecule has 2 N–H and O–H groups in total. The standard InChI is InChI=1S/C22H33N7O/c1-3-23-21(27-18-19-8-5-6-9-20(19)30-4-2)24-12-13-28-14-16-29(17-15-28)22-25-10-7-11-26-22/h5-11H,3-4,12-18H2,1-2H3,(H2,23,24,27). The summed E-state index contributed by atoms with van der Waals surface area (Å²) in [6.45, 7) is 11.9. The third-order valence-electron chi connectivity index (χ3n) is 4.95. The van der Waals surface area contributed by atoms with Gasteiger partial charge in [0.15, 0.2) is 5.96 Å². The maximum atomic E-state index is 5.70. The molecular formula is C22H33N7O. The zero-order chi connectivity index (χ0) is 21.0. The quantitative estimate of drug-likeness (QED) is 0.481. The maximum Gasteiger partial charge on any atom is 0.225 e. The van der Waals surface area contributed by atoms with Crippen molar-refractivity contribution in [2.75, 3.05) is 57.3 Å². The number of nitrogens with one attached hydrogen (secondary N) is 2. The Kier molecular flexibility index (Phi) is 8.71. The predicted octanol–water partition coefficient (Wildman–Crippen LogP) is 1.75. The molecule has 1 aromatic heterocycles. The summed E-state index contributed by atoms with van der Waals surface area (Å²) in [6, 6.07) is 9.92. The van der Waals surface area contributed by atoms with Crippen molar-refractivity contribution in [2.24, 2.45) is 4.99 Å². The maximum absolute atomic E-state index is 5.70. The molecule has 30 heavy (non-hydrogen) atoms. The first-order chi connectivity index (χ1) is 14.8. The van der Waals surface area contributed by atoms with Crippen molar-refractivity contribution in [3.63, 3.8) is 0 Å². The highest BCUT2D eigenvalue weighted by Gasteiger charge is 2.18. The summed E-state index contributed by atoms with van der Waals surface area (Å²) in [5.74, 6) is 2.56. The number of hydrogen-bond donors (Lipinski definition) is 2. The number of aliphatic imine (C=N–C) groups is 1. The average Bonchev–Trinajstić information content (AvgIpc) is 2.79. The van der Waals surface area contributed by atoms with Gasteiger partial charge in [-0.15, -0.1) is 0 Å². The Morgan fingerprint density at radius 2 is 1.80 bits per heavy atom. The number of rotatable bonds is 9. The van der Waals surface area contributed by atoms with Gasteiger partial charge in [0.05, 0.1) is 13.2 Å².